The lowest BCUT2D eigenvalue weighted by molar-refractivity contribution is -0.121. The van der Waals surface area contributed by atoms with Crippen LogP contribution in [0.4, 0.5) is 5.69 Å². The average molecular weight is 502 g/mol. The Hall–Kier alpha value is -3.52. The highest BCUT2D eigenvalue weighted by molar-refractivity contribution is 6.04. The summed E-state index contributed by atoms with van der Waals surface area (Å²) in [5.41, 5.74) is 3.27. The zero-order valence-electron chi connectivity index (χ0n) is 21.5. The zero-order chi connectivity index (χ0) is 25.6. The van der Waals surface area contributed by atoms with Gasteiger partial charge in [-0.15, -0.1) is 0 Å². The summed E-state index contributed by atoms with van der Waals surface area (Å²) in [6.45, 7) is 5.58. The van der Waals surface area contributed by atoms with Crippen molar-refractivity contribution in [2.45, 2.75) is 52.0 Å². The molecule has 2 aliphatic heterocycles. The fourth-order valence-corrected chi connectivity index (χ4v) is 5.20. The molecule has 8 heteroatoms. The first-order chi connectivity index (χ1) is 18.1. The number of nitrogens with zero attached hydrogens (tertiary/aromatic N) is 4. The molecule has 194 valence electrons. The lowest BCUT2D eigenvalue weighted by Crippen LogP contribution is -2.40. The topological polar surface area (TPSA) is 91.6 Å². The molecule has 0 radical (unpaired) electrons. The number of likely N-dealkylation sites (tertiary alicyclic amines) is 2. The Bertz CT molecular complexity index is 1210. The molecule has 37 heavy (non-hydrogen) atoms. The third-order valence-corrected chi connectivity index (χ3v) is 7.32. The molecular formula is C29H35N5O3. The van der Waals surface area contributed by atoms with E-state index in [9.17, 15) is 9.59 Å². The second kappa shape index (κ2) is 11.7. The predicted molar refractivity (Wildman–Crippen MR) is 142 cm³/mol. The van der Waals surface area contributed by atoms with Gasteiger partial charge in [0.25, 0.3) is 5.91 Å². The van der Waals surface area contributed by atoms with Crippen LogP contribution in [0.3, 0.4) is 0 Å². The van der Waals surface area contributed by atoms with Gasteiger partial charge in [-0.25, -0.2) is 0 Å². The monoisotopic (exact) mass is 501 g/mol. The van der Waals surface area contributed by atoms with Crippen molar-refractivity contribution in [3.8, 4) is 11.4 Å². The summed E-state index contributed by atoms with van der Waals surface area (Å²) in [5.74, 6) is 0.905. The van der Waals surface area contributed by atoms with Crippen molar-refractivity contribution in [1.29, 1.82) is 0 Å². The van der Waals surface area contributed by atoms with Crippen molar-refractivity contribution < 1.29 is 14.1 Å². The van der Waals surface area contributed by atoms with Gasteiger partial charge in [-0.1, -0.05) is 60.0 Å². The molecular weight excluding hydrogens is 466 g/mol. The van der Waals surface area contributed by atoms with E-state index < -0.39 is 0 Å². The normalized spacial score (nSPS) is 18.8. The van der Waals surface area contributed by atoms with Crippen LogP contribution in [0.15, 0.2) is 53.1 Å². The predicted octanol–water partition coefficient (Wildman–Crippen LogP) is 4.91. The molecule has 1 N–H and O–H groups in total. The standard InChI is InChI=1S/C29H35N5O3/c1-21-12-14-22(15-13-21)27-31-26(37-32-27)20-33-16-8-9-23(19-33)28(35)30-25-11-5-4-10-24(25)29(36)34-17-6-2-3-7-18-34/h4-5,10-15,23H,2-3,6-9,16-20H2,1H3,(H,30,35). The number of amides is 2. The highest BCUT2D eigenvalue weighted by atomic mass is 16.5. The lowest BCUT2D eigenvalue weighted by atomic mass is 9.96. The number of carbonyl (C=O) groups excluding carboxylic acids is 2. The first kappa shape index (κ1) is 25.1. The summed E-state index contributed by atoms with van der Waals surface area (Å²) in [5, 5.41) is 7.20. The Morgan fingerprint density at radius 3 is 2.51 bits per heavy atom. The molecule has 2 aromatic carbocycles. The van der Waals surface area contributed by atoms with Crippen LogP contribution in [0.5, 0.6) is 0 Å². The second-order valence-corrected chi connectivity index (χ2v) is 10.2. The minimum Gasteiger partial charge on any atom is -0.339 e. The molecule has 2 amide bonds. The number of anilines is 1. The molecule has 1 aromatic heterocycles. The van der Waals surface area contributed by atoms with E-state index in [1.54, 1.807) is 0 Å². The van der Waals surface area contributed by atoms with Crippen molar-refractivity contribution in [2.24, 2.45) is 5.92 Å². The van der Waals surface area contributed by atoms with Crippen LogP contribution in [0, 0.1) is 12.8 Å². The van der Waals surface area contributed by atoms with E-state index >= 15 is 0 Å². The van der Waals surface area contributed by atoms with Gasteiger partial charge in [0, 0.05) is 25.2 Å². The summed E-state index contributed by atoms with van der Waals surface area (Å²) in [6.07, 6.45) is 6.11. The number of hydrogen-bond donors (Lipinski definition) is 1. The Morgan fingerprint density at radius 1 is 0.973 bits per heavy atom. The second-order valence-electron chi connectivity index (χ2n) is 10.2. The lowest BCUT2D eigenvalue weighted by Gasteiger charge is -2.31. The van der Waals surface area contributed by atoms with Crippen LogP contribution in [0.2, 0.25) is 0 Å². The molecule has 2 fully saturated rings. The summed E-state index contributed by atoms with van der Waals surface area (Å²) < 4.78 is 5.51. The van der Waals surface area contributed by atoms with E-state index in [-0.39, 0.29) is 17.7 Å². The van der Waals surface area contributed by atoms with Crippen LogP contribution >= 0.6 is 0 Å². The third kappa shape index (κ3) is 6.25. The SMILES string of the molecule is Cc1ccc(-c2noc(CN3CCCC(C(=O)Nc4ccccc4C(=O)N4CCCCCC4)C3)n2)cc1. The highest BCUT2D eigenvalue weighted by Crippen LogP contribution is 2.24. The van der Waals surface area contributed by atoms with E-state index in [1.165, 1.54) is 5.56 Å². The zero-order valence-corrected chi connectivity index (χ0v) is 21.5. The van der Waals surface area contributed by atoms with E-state index in [1.807, 2.05) is 60.4 Å². The van der Waals surface area contributed by atoms with Crippen LogP contribution in [0.25, 0.3) is 11.4 Å². The number of aryl methyl sites for hydroxylation is 1. The van der Waals surface area contributed by atoms with Crippen LogP contribution in [0.1, 0.15) is 60.3 Å². The number of nitrogens with one attached hydrogen (secondary N) is 1. The Balaban J connectivity index is 1.21. The summed E-state index contributed by atoms with van der Waals surface area (Å²) >= 11 is 0. The molecule has 3 heterocycles. The maximum Gasteiger partial charge on any atom is 0.255 e. The van der Waals surface area contributed by atoms with Crippen molar-refractivity contribution >= 4 is 17.5 Å². The molecule has 2 aliphatic rings. The average Bonchev–Trinajstić information content (AvgIpc) is 3.20. The number of carbonyl (C=O) groups is 2. The number of benzene rings is 2. The molecule has 8 nitrogen and oxygen atoms in total. The smallest absolute Gasteiger partial charge is 0.255 e. The maximum absolute atomic E-state index is 13.3. The fraction of sp³-hybridized carbons (Fsp3) is 0.448. The van der Waals surface area contributed by atoms with E-state index in [0.29, 0.717) is 36.1 Å². The van der Waals surface area contributed by atoms with Gasteiger partial charge < -0.3 is 14.7 Å². The molecule has 0 saturated carbocycles. The Morgan fingerprint density at radius 2 is 1.73 bits per heavy atom. The first-order valence-corrected chi connectivity index (χ1v) is 13.4. The summed E-state index contributed by atoms with van der Waals surface area (Å²) in [7, 11) is 0. The third-order valence-electron chi connectivity index (χ3n) is 7.32. The fourth-order valence-electron chi connectivity index (χ4n) is 5.20. The van der Waals surface area contributed by atoms with Gasteiger partial charge in [-0.3, -0.25) is 14.5 Å². The molecule has 1 atom stereocenters. The van der Waals surface area contributed by atoms with Gasteiger partial charge in [-0.2, -0.15) is 4.98 Å². The van der Waals surface area contributed by atoms with Crippen LogP contribution < -0.4 is 5.32 Å². The van der Waals surface area contributed by atoms with E-state index in [0.717, 1.165) is 63.7 Å². The molecule has 2 saturated heterocycles. The van der Waals surface area contributed by atoms with Gasteiger partial charge in [0.15, 0.2) is 0 Å². The van der Waals surface area contributed by atoms with Gasteiger partial charge in [0.1, 0.15) is 0 Å². The number of rotatable bonds is 6. The van der Waals surface area contributed by atoms with Crippen molar-refractivity contribution in [3.63, 3.8) is 0 Å². The van der Waals surface area contributed by atoms with Gasteiger partial charge >= 0.3 is 0 Å². The van der Waals surface area contributed by atoms with Crippen molar-refractivity contribution in [3.05, 3.63) is 65.5 Å². The Labute approximate surface area is 218 Å². The summed E-state index contributed by atoms with van der Waals surface area (Å²) in [6, 6.07) is 15.4. The van der Waals surface area contributed by atoms with Gasteiger partial charge in [-0.05, 0) is 51.3 Å². The maximum atomic E-state index is 13.3. The minimum absolute atomic E-state index is 0.00356. The minimum atomic E-state index is -0.172. The van der Waals surface area contributed by atoms with E-state index in [2.05, 4.69) is 20.4 Å². The van der Waals surface area contributed by atoms with Crippen molar-refractivity contribution in [2.75, 3.05) is 31.5 Å². The van der Waals surface area contributed by atoms with Crippen molar-refractivity contribution in [1.82, 2.24) is 19.9 Å². The van der Waals surface area contributed by atoms with Gasteiger partial charge in [0.05, 0.1) is 23.7 Å². The van der Waals surface area contributed by atoms with Gasteiger partial charge in [0.2, 0.25) is 17.6 Å². The summed E-state index contributed by atoms with van der Waals surface area (Å²) in [4.78, 5) is 35.2. The number of hydrogen-bond acceptors (Lipinski definition) is 6. The molecule has 0 spiro atoms. The molecule has 0 bridgehead atoms. The largest absolute Gasteiger partial charge is 0.339 e. The van der Waals surface area contributed by atoms with E-state index in [4.69, 9.17) is 4.52 Å². The Kier molecular flexibility index (Phi) is 7.94. The molecule has 5 rings (SSSR count). The first-order valence-electron chi connectivity index (χ1n) is 13.4. The molecule has 3 aromatic rings. The highest BCUT2D eigenvalue weighted by Gasteiger charge is 2.28. The molecule has 0 aliphatic carbocycles. The number of para-hydroxylation sites is 1. The van der Waals surface area contributed by atoms with Crippen LogP contribution in [-0.4, -0.2) is 57.9 Å². The van der Waals surface area contributed by atoms with Crippen LogP contribution in [-0.2, 0) is 11.3 Å². The number of aromatic nitrogens is 2. The number of piperidine rings is 1. The quantitative estimate of drug-likeness (QED) is 0.516. The molecule has 1 unspecified atom stereocenters.